The Kier molecular flexibility index (Phi) is 3.90. The highest BCUT2D eigenvalue weighted by Crippen LogP contribution is 2.19. The van der Waals surface area contributed by atoms with Gasteiger partial charge in [0, 0.05) is 12.0 Å². The number of hydrogen-bond acceptors (Lipinski definition) is 2. The van der Waals surface area contributed by atoms with Crippen molar-refractivity contribution in [1.29, 1.82) is 0 Å². The van der Waals surface area contributed by atoms with Crippen LogP contribution in [0.5, 0.6) is 5.75 Å². The first-order valence-corrected chi connectivity index (χ1v) is 5.71. The van der Waals surface area contributed by atoms with Gasteiger partial charge in [-0.2, -0.15) is 0 Å². The molecular weight excluding hydrogens is 250 g/mol. The summed E-state index contributed by atoms with van der Waals surface area (Å²) in [6, 6.07) is 9.76. The molecule has 0 aliphatic carbocycles. The van der Waals surface area contributed by atoms with Crippen LogP contribution < -0.4 is 4.74 Å². The number of halogens is 2. The van der Waals surface area contributed by atoms with Crippen LogP contribution in [0.2, 0.25) is 0 Å². The lowest BCUT2D eigenvalue weighted by molar-refractivity contribution is 0.0992. The van der Waals surface area contributed by atoms with Gasteiger partial charge in [-0.05, 0) is 29.8 Å². The zero-order valence-electron chi connectivity index (χ0n) is 10.3. The number of ether oxygens (including phenoxy) is 1. The number of rotatable bonds is 4. The molecule has 0 radical (unpaired) electrons. The van der Waals surface area contributed by atoms with Gasteiger partial charge in [0.1, 0.15) is 5.82 Å². The summed E-state index contributed by atoms with van der Waals surface area (Å²) in [5.41, 5.74) is 0.795. The number of methoxy groups -OCH3 is 1. The van der Waals surface area contributed by atoms with Gasteiger partial charge in [-0.15, -0.1) is 0 Å². The normalized spacial score (nSPS) is 10.3. The number of ketones is 1. The van der Waals surface area contributed by atoms with Crippen LogP contribution in [-0.2, 0) is 6.42 Å². The second-order valence-electron chi connectivity index (χ2n) is 4.08. The summed E-state index contributed by atoms with van der Waals surface area (Å²) in [7, 11) is 1.37. The van der Waals surface area contributed by atoms with E-state index in [1.54, 1.807) is 6.07 Å². The van der Waals surface area contributed by atoms with Crippen LogP contribution >= 0.6 is 0 Å². The first-order valence-electron chi connectivity index (χ1n) is 5.71. The van der Waals surface area contributed by atoms with Gasteiger partial charge < -0.3 is 4.74 Å². The molecule has 0 atom stereocenters. The molecule has 0 N–H and O–H groups in total. The third kappa shape index (κ3) is 3.16. The minimum atomic E-state index is -0.521. The quantitative estimate of drug-likeness (QED) is 0.789. The van der Waals surface area contributed by atoms with E-state index in [9.17, 15) is 13.6 Å². The van der Waals surface area contributed by atoms with E-state index in [2.05, 4.69) is 0 Å². The highest BCUT2D eigenvalue weighted by atomic mass is 19.1. The number of carbonyl (C=O) groups excluding carboxylic acids is 1. The van der Waals surface area contributed by atoms with E-state index in [4.69, 9.17) is 4.74 Å². The lowest BCUT2D eigenvalue weighted by Crippen LogP contribution is -2.04. The molecule has 0 aromatic heterocycles. The average molecular weight is 262 g/mol. The maximum atomic E-state index is 13.5. The predicted octanol–water partition coefficient (Wildman–Crippen LogP) is 3.40. The highest BCUT2D eigenvalue weighted by molar-refractivity contribution is 5.97. The van der Waals surface area contributed by atoms with Crippen molar-refractivity contribution in [3.63, 3.8) is 0 Å². The predicted molar refractivity (Wildman–Crippen MR) is 67.4 cm³/mol. The van der Waals surface area contributed by atoms with E-state index < -0.39 is 11.6 Å². The fourth-order valence-electron chi connectivity index (χ4n) is 1.77. The molecule has 0 aliphatic rings. The van der Waals surface area contributed by atoms with Gasteiger partial charge in [0.2, 0.25) is 0 Å². The van der Waals surface area contributed by atoms with Crippen molar-refractivity contribution in [2.24, 2.45) is 0 Å². The molecule has 0 aliphatic heterocycles. The zero-order chi connectivity index (χ0) is 13.8. The van der Waals surface area contributed by atoms with Gasteiger partial charge in [-0.25, -0.2) is 8.78 Å². The standard InChI is InChI=1S/C15H12F2O2/c1-19-15-6-5-10(7-13(15)17)8-14(18)11-3-2-4-12(16)9-11/h2-7,9H,8H2,1H3. The number of hydrogen-bond donors (Lipinski definition) is 0. The van der Waals surface area contributed by atoms with E-state index in [0.717, 1.165) is 0 Å². The minimum absolute atomic E-state index is 0.0182. The Hall–Kier alpha value is -2.23. The molecule has 0 heterocycles. The molecule has 4 heteroatoms. The van der Waals surface area contributed by atoms with E-state index in [0.29, 0.717) is 5.56 Å². The maximum Gasteiger partial charge on any atom is 0.167 e. The molecule has 0 fully saturated rings. The number of benzene rings is 2. The van der Waals surface area contributed by atoms with Gasteiger partial charge in [0.25, 0.3) is 0 Å². The second-order valence-corrected chi connectivity index (χ2v) is 4.08. The van der Waals surface area contributed by atoms with E-state index in [-0.39, 0.29) is 23.5 Å². The Morgan fingerprint density at radius 3 is 2.58 bits per heavy atom. The van der Waals surface area contributed by atoms with Crippen LogP contribution in [0.25, 0.3) is 0 Å². The third-order valence-corrected chi connectivity index (χ3v) is 2.73. The highest BCUT2D eigenvalue weighted by Gasteiger charge is 2.10. The summed E-state index contributed by atoms with van der Waals surface area (Å²) in [6.07, 6.45) is 0.0182. The van der Waals surface area contributed by atoms with Gasteiger partial charge >= 0.3 is 0 Å². The summed E-state index contributed by atoms with van der Waals surface area (Å²) < 4.78 is 31.3. The molecule has 2 rings (SSSR count). The Morgan fingerprint density at radius 2 is 1.95 bits per heavy atom. The molecule has 19 heavy (non-hydrogen) atoms. The van der Waals surface area contributed by atoms with Crippen LogP contribution in [0, 0.1) is 11.6 Å². The lowest BCUT2D eigenvalue weighted by atomic mass is 10.0. The molecule has 0 saturated carbocycles. The van der Waals surface area contributed by atoms with Crippen molar-refractivity contribution >= 4 is 5.78 Å². The van der Waals surface area contributed by atoms with Crippen molar-refractivity contribution in [3.05, 3.63) is 65.2 Å². The van der Waals surface area contributed by atoms with E-state index in [1.807, 2.05) is 0 Å². The minimum Gasteiger partial charge on any atom is -0.494 e. The van der Waals surface area contributed by atoms with Crippen molar-refractivity contribution in [3.8, 4) is 5.75 Å². The van der Waals surface area contributed by atoms with Crippen LogP contribution in [0.4, 0.5) is 8.78 Å². The summed E-state index contributed by atoms with van der Waals surface area (Å²) >= 11 is 0. The summed E-state index contributed by atoms with van der Waals surface area (Å²) in [4.78, 5) is 11.9. The van der Waals surface area contributed by atoms with Gasteiger partial charge in [0.05, 0.1) is 7.11 Å². The summed E-state index contributed by atoms with van der Waals surface area (Å²) in [5, 5.41) is 0. The van der Waals surface area contributed by atoms with Gasteiger partial charge in [-0.3, -0.25) is 4.79 Å². The Labute approximate surface area is 109 Å². The summed E-state index contributed by atoms with van der Waals surface area (Å²) in [6.45, 7) is 0. The zero-order valence-corrected chi connectivity index (χ0v) is 10.3. The average Bonchev–Trinajstić information content (AvgIpc) is 2.39. The Balaban J connectivity index is 2.17. The summed E-state index contributed by atoms with van der Waals surface area (Å²) in [5.74, 6) is -1.12. The van der Waals surface area contributed by atoms with Crippen LogP contribution in [-0.4, -0.2) is 12.9 Å². The van der Waals surface area contributed by atoms with E-state index >= 15 is 0 Å². The molecule has 0 bridgehead atoms. The van der Waals surface area contributed by atoms with Crippen LogP contribution in [0.15, 0.2) is 42.5 Å². The molecule has 0 spiro atoms. The fraction of sp³-hybridized carbons (Fsp3) is 0.133. The van der Waals surface area contributed by atoms with Crippen molar-refractivity contribution in [1.82, 2.24) is 0 Å². The second kappa shape index (κ2) is 5.61. The first-order chi connectivity index (χ1) is 9.10. The number of carbonyl (C=O) groups is 1. The largest absolute Gasteiger partial charge is 0.494 e. The first kappa shape index (κ1) is 13.2. The lowest BCUT2D eigenvalue weighted by Gasteiger charge is -2.05. The molecule has 2 nitrogen and oxygen atoms in total. The molecule has 2 aromatic rings. The Bertz CT molecular complexity index is 609. The van der Waals surface area contributed by atoms with Crippen molar-refractivity contribution in [2.45, 2.75) is 6.42 Å². The molecule has 0 unspecified atom stereocenters. The Morgan fingerprint density at radius 1 is 1.16 bits per heavy atom. The fourth-order valence-corrected chi connectivity index (χ4v) is 1.77. The van der Waals surface area contributed by atoms with Crippen molar-refractivity contribution < 1.29 is 18.3 Å². The van der Waals surface area contributed by atoms with Crippen LogP contribution in [0.3, 0.4) is 0 Å². The maximum absolute atomic E-state index is 13.5. The van der Waals surface area contributed by atoms with Crippen molar-refractivity contribution in [2.75, 3.05) is 7.11 Å². The van der Waals surface area contributed by atoms with E-state index in [1.165, 1.54) is 43.5 Å². The molecule has 0 saturated heterocycles. The molecule has 0 amide bonds. The smallest absolute Gasteiger partial charge is 0.167 e. The SMILES string of the molecule is COc1ccc(CC(=O)c2cccc(F)c2)cc1F. The third-order valence-electron chi connectivity index (χ3n) is 2.73. The van der Waals surface area contributed by atoms with Gasteiger partial charge in [-0.1, -0.05) is 18.2 Å². The monoisotopic (exact) mass is 262 g/mol. The molecule has 2 aromatic carbocycles. The number of Topliss-reactive ketones (excluding diaryl/α,β-unsaturated/α-hetero) is 1. The molecular formula is C15H12F2O2. The van der Waals surface area contributed by atoms with Crippen LogP contribution in [0.1, 0.15) is 15.9 Å². The molecule has 98 valence electrons. The topological polar surface area (TPSA) is 26.3 Å². The van der Waals surface area contributed by atoms with Gasteiger partial charge in [0.15, 0.2) is 17.3 Å².